The smallest absolute Gasteiger partial charge is 0.164 e. The van der Waals surface area contributed by atoms with Gasteiger partial charge in [-0.15, -0.1) is 11.3 Å². The van der Waals surface area contributed by atoms with Crippen LogP contribution in [-0.4, -0.2) is 46.9 Å². The first-order chi connectivity index (χ1) is 13.8. The van der Waals surface area contributed by atoms with Gasteiger partial charge >= 0.3 is 0 Å². The highest BCUT2D eigenvalue weighted by molar-refractivity contribution is 7.19. The van der Waals surface area contributed by atoms with Crippen LogP contribution in [0.1, 0.15) is 30.2 Å². The summed E-state index contributed by atoms with van der Waals surface area (Å²) in [7, 11) is 0. The van der Waals surface area contributed by atoms with Gasteiger partial charge in [-0.1, -0.05) is 0 Å². The summed E-state index contributed by atoms with van der Waals surface area (Å²) >= 11 is 1.81. The minimum absolute atomic E-state index is 0.150. The summed E-state index contributed by atoms with van der Waals surface area (Å²) in [5.74, 6) is 1.64. The van der Waals surface area contributed by atoms with Crippen molar-refractivity contribution in [2.24, 2.45) is 0 Å². The third-order valence-corrected chi connectivity index (χ3v) is 6.52. The average Bonchev–Trinajstić information content (AvgIpc) is 3.44. The number of aryl methyl sites for hydroxylation is 2. The van der Waals surface area contributed by atoms with Gasteiger partial charge in [0.2, 0.25) is 0 Å². The monoisotopic (exact) mass is 396 g/mol. The third-order valence-electron chi connectivity index (χ3n) is 5.34. The molecular weight excluding hydrogens is 372 g/mol. The summed E-state index contributed by atoms with van der Waals surface area (Å²) in [5, 5.41) is 4.80. The molecule has 1 N–H and O–H groups in total. The first-order valence-corrected chi connectivity index (χ1v) is 10.8. The van der Waals surface area contributed by atoms with Gasteiger partial charge in [0.25, 0.3) is 0 Å². The van der Waals surface area contributed by atoms with Gasteiger partial charge in [0.1, 0.15) is 10.6 Å². The quantitative estimate of drug-likeness (QED) is 0.683. The molecule has 1 saturated heterocycles. The second-order valence-electron chi connectivity index (χ2n) is 7.54. The Kier molecular flexibility index (Phi) is 4.96. The van der Waals surface area contributed by atoms with Crippen LogP contribution in [0.3, 0.4) is 0 Å². The molecule has 1 aliphatic carbocycles. The molecule has 2 aliphatic rings. The molecule has 3 aromatic rings. The molecule has 6 nitrogen and oxygen atoms in total. The van der Waals surface area contributed by atoms with Crippen molar-refractivity contribution in [3.05, 3.63) is 35.0 Å². The number of ether oxygens (including phenoxy) is 2. The first-order valence-electron chi connectivity index (χ1n) is 9.96. The maximum Gasteiger partial charge on any atom is 0.164 e. The number of rotatable bonds is 6. The lowest BCUT2D eigenvalue weighted by atomic mass is 10.1. The van der Waals surface area contributed by atoms with Gasteiger partial charge in [-0.2, -0.15) is 0 Å². The van der Waals surface area contributed by atoms with Gasteiger partial charge < -0.3 is 14.8 Å². The number of thiophene rings is 1. The SMILES string of the molecule is CC(COC1CCOC1)Nc1nc(-c2cccnc2)nc2sc3c(c12)CCC3. The largest absolute Gasteiger partial charge is 0.379 e. The number of aromatic nitrogens is 3. The van der Waals surface area contributed by atoms with Crippen LogP contribution >= 0.6 is 11.3 Å². The van der Waals surface area contributed by atoms with Crippen molar-refractivity contribution in [3.63, 3.8) is 0 Å². The molecule has 0 amide bonds. The zero-order valence-electron chi connectivity index (χ0n) is 16.0. The van der Waals surface area contributed by atoms with Gasteiger partial charge in [0.15, 0.2) is 5.82 Å². The van der Waals surface area contributed by atoms with Crippen LogP contribution in [0.4, 0.5) is 5.82 Å². The highest BCUT2D eigenvalue weighted by Gasteiger charge is 2.24. The summed E-state index contributed by atoms with van der Waals surface area (Å²) in [6, 6.07) is 4.08. The van der Waals surface area contributed by atoms with E-state index in [1.54, 1.807) is 6.20 Å². The molecule has 0 spiro atoms. The number of pyridine rings is 1. The maximum absolute atomic E-state index is 6.00. The maximum atomic E-state index is 6.00. The summed E-state index contributed by atoms with van der Waals surface area (Å²) < 4.78 is 11.4. The van der Waals surface area contributed by atoms with E-state index in [2.05, 4.69) is 17.2 Å². The van der Waals surface area contributed by atoms with Crippen molar-refractivity contribution < 1.29 is 9.47 Å². The molecule has 7 heteroatoms. The summed E-state index contributed by atoms with van der Waals surface area (Å²) in [6.07, 6.45) is 8.27. The highest BCUT2D eigenvalue weighted by atomic mass is 32.1. The van der Waals surface area contributed by atoms with Crippen LogP contribution < -0.4 is 5.32 Å². The number of anilines is 1. The number of hydrogen-bond donors (Lipinski definition) is 1. The van der Waals surface area contributed by atoms with E-state index in [-0.39, 0.29) is 12.1 Å². The number of nitrogens with one attached hydrogen (secondary N) is 1. The van der Waals surface area contributed by atoms with Gasteiger partial charge in [0.05, 0.1) is 24.7 Å². The van der Waals surface area contributed by atoms with Crippen molar-refractivity contribution in [1.29, 1.82) is 0 Å². The fourth-order valence-electron chi connectivity index (χ4n) is 3.92. The van der Waals surface area contributed by atoms with E-state index < -0.39 is 0 Å². The van der Waals surface area contributed by atoms with E-state index in [4.69, 9.17) is 19.4 Å². The van der Waals surface area contributed by atoms with Gasteiger partial charge in [0, 0.05) is 35.5 Å². The predicted molar refractivity (Wildman–Crippen MR) is 111 cm³/mol. The molecule has 1 aliphatic heterocycles. The molecule has 5 rings (SSSR count). The third kappa shape index (κ3) is 3.50. The van der Waals surface area contributed by atoms with Crippen LogP contribution in [0.5, 0.6) is 0 Å². The van der Waals surface area contributed by atoms with Gasteiger partial charge in [-0.3, -0.25) is 4.98 Å². The number of hydrogen-bond acceptors (Lipinski definition) is 7. The van der Waals surface area contributed by atoms with E-state index in [1.807, 2.05) is 29.7 Å². The Labute approximate surface area is 168 Å². The lowest BCUT2D eigenvalue weighted by Crippen LogP contribution is -2.26. The predicted octanol–water partition coefficient (Wildman–Crippen LogP) is 3.85. The van der Waals surface area contributed by atoms with Crippen LogP contribution in [0.15, 0.2) is 24.5 Å². The Morgan fingerprint density at radius 2 is 2.32 bits per heavy atom. The van der Waals surface area contributed by atoms with E-state index in [1.165, 1.54) is 22.2 Å². The van der Waals surface area contributed by atoms with Crippen LogP contribution in [0.25, 0.3) is 21.6 Å². The topological polar surface area (TPSA) is 69.2 Å². The Balaban J connectivity index is 1.46. The van der Waals surface area contributed by atoms with Crippen LogP contribution in [0.2, 0.25) is 0 Å². The molecule has 1 fully saturated rings. The Hall–Kier alpha value is -2.09. The molecule has 4 heterocycles. The van der Waals surface area contributed by atoms with E-state index in [0.717, 1.165) is 47.9 Å². The first kappa shape index (κ1) is 18.0. The minimum Gasteiger partial charge on any atom is -0.379 e. The molecular formula is C21H24N4O2S. The van der Waals surface area contributed by atoms with E-state index in [0.29, 0.717) is 13.2 Å². The fourth-order valence-corrected chi connectivity index (χ4v) is 5.19. The number of nitrogens with zero attached hydrogens (tertiary/aromatic N) is 3. The van der Waals surface area contributed by atoms with Crippen LogP contribution in [-0.2, 0) is 22.3 Å². The second-order valence-corrected chi connectivity index (χ2v) is 8.62. The van der Waals surface area contributed by atoms with Crippen molar-refractivity contribution in [1.82, 2.24) is 15.0 Å². The molecule has 28 heavy (non-hydrogen) atoms. The molecule has 0 aromatic carbocycles. The van der Waals surface area contributed by atoms with Crippen molar-refractivity contribution >= 4 is 27.4 Å². The summed E-state index contributed by atoms with van der Waals surface area (Å²) in [5.41, 5.74) is 2.37. The molecule has 0 saturated carbocycles. The standard InChI is InChI=1S/C21H24N4O2S/c1-13(11-27-15-7-9-26-12-15)23-20-18-16-5-2-6-17(16)28-21(18)25-19(24-20)14-4-3-8-22-10-14/h3-4,8,10,13,15H,2,5-7,9,11-12H2,1H3,(H,23,24,25). The minimum atomic E-state index is 0.150. The number of fused-ring (bicyclic) bond motifs is 3. The van der Waals surface area contributed by atoms with E-state index in [9.17, 15) is 0 Å². The summed E-state index contributed by atoms with van der Waals surface area (Å²) in [6.45, 7) is 4.27. The summed E-state index contributed by atoms with van der Waals surface area (Å²) in [4.78, 5) is 16.5. The lowest BCUT2D eigenvalue weighted by Gasteiger charge is -2.18. The molecule has 2 atom stereocenters. The molecule has 3 aromatic heterocycles. The zero-order chi connectivity index (χ0) is 18.9. The van der Waals surface area contributed by atoms with Crippen molar-refractivity contribution in [2.75, 3.05) is 25.1 Å². The molecule has 146 valence electrons. The molecule has 0 bridgehead atoms. The Bertz CT molecular complexity index is 969. The normalized spacial score (nSPS) is 19.8. The lowest BCUT2D eigenvalue weighted by molar-refractivity contribution is 0.0395. The van der Waals surface area contributed by atoms with Gasteiger partial charge in [-0.25, -0.2) is 9.97 Å². The van der Waals surface area contributed by atoms with Gasteiger partial charge in [-0.05, 0) is 50.3 Å². The Morgan fingerprint density at radius 3 is 3.14 bits per heavy atom. The van der Waals surface area contributed by atoms with E-state index >= 15 is 0 Å². The second kappa shape index (κ2) is 7.73. The van der Waals surface area contributed by atoms with Crippen LogP contribution in [0, 0.1) is 0 Å². The highest BCUT2D eigenvalue weighted by Crippen LogP contribution is 2.40. The zero-order valence-corrected chi connectivity index (χ0v) is 16.8. The fraction of sp³-hybridized carbons (Fsp3) is 0.476. The van der Waals surface area contributed by atoms with Crippen molar-refractivity contribution in [2.45, 2.75) is 44.8 Å². The molecule has 0 radical (unpaired) electrons. The van der Waals surface area contributed by atoms with Crippen molar-refractivity contribution in [3.8, 4) is 11.4 Å². The Morgan fingerprint density at radius 1 is 1.36 bits per heavy atom. The average molecular weight is 397 g/mol. The molecule has 2 unspecified atom stereocenters.